The van der Waals surface area contributed by atoms with E-state index in [2.05, 4.69) is 25.4 Å². The van der Waals surface area contributed by atoms with Gasteiger partial charge in [0.15, 0.2) is 11.6 Å². The minimum absolute atomic E-state index is 0.0278. The van der Waals surface area contributed by atoms with E-state index in [1.165, 1.54) is 18.2 Å². The topological polar surface area (TPSA) is 147 Å². The van der Waals surface area contributed by atoms with Crippen molar-refractivity contribution in [1.29, 1.82) is 0 Å². The van der Waals surface area contributed by atoms with Crippen molar-refractivity contribution in [1.82, 2.24) is 30.0 Å². The molecule has 0 spiro atoms. The van der Waals surface area contributed by atoms with E-state index < -0.39 is 29.5 Å². The van der Waals surface area contributed by atoms with Crippen LogP contribution in [-0.4, -0.2) is 30.8 Å². The number of benzene rings is 2. The van der Waals surface area contributed by atoms with Gasteiger partial charge in [-0.15, -0.1) is 0 Å². The average Bonchev–Trinajstić information content (AvgIpc) is 3.27. The molecule has 1 amide bonds. The van der Waals surface area contributed by atoms with Crippen molar-refractivity contribution in [3.63, 3.8) is 0 Å². The zero-order valence-electron chi connectivity index (χ0n) is 20.8. The van der Waals surface area contributed by atoms with Gasteiger partial charge in [0.25, 0.3) is 5.95 Å². The van der Waals surface area contributed by atoms with Gasteiger partial charge >= 0.3 is 12.3 Å². The van der Waals surface area contributed by atoms with Crippen LogP contribution >= 0.6 is 0 Å². The molecule has 41 heavy (non-hydrogen) atoms. The molecule has 0 radical (unpaired) electrons. The molecule has 3 aromatic heterocycles. The van der Waals surface area contributed by atoms with Crippen molar-refractivity contribution in [3.8, 4) is 11.7 Å². The number of halogens is 5. The molecule has 5 rings (SSSR count). The number of nitrogens with one attached hydrogen (secondary N) is 1. The highest BCUT2D eigenvalue weighted by atomic mass is 19.4. The summed E-state index contributed by atoms with van der Waals surface area (Å²) in [6.07, 6.45) is -4.49. The molecular weight excluding hydrogens is 551 g/mol. The van der Waals surface area contributed by atoms with Crippen LogP contribution < -0.4 is 21.5 Å². The molecule has 0 aliphatic heterocycles. The predicted molar refractivity (Wildman–Crippen MR) is 137 cm³/mol. The number of amides is 1. The summed E-state index contributed by atoms with van der Waals surface area (Å²) >= 11 is 0. The average molecular weight is 570 g/mol. The number of hydrogen-bond donors (Lipinski definition) is 3. The third-order valence-electron chi connectivity index (χ3n) is 5.88. The van der Waals surface area contributed by atoms with Gasteiger partial charge in [0.2, 0.25) is 5.75 Å². The van der Waals surface area contributed by atoms with Crippen LogP contribution in [0.3, 0.4) is 0 Å². The Morgan fingerprint density at radius 2 is 1.68 bits per heavy atom. The SMILES string of the molecule is Nc1nc(-n2nc(Cc3ccccc3F)c3ncc(F)cc32)nc(N)c1OC(=O)NCc1ccc(C(F)(F)F)cc1. The van der Waals surface area contributed by atoms with Gasteiger partial charge in [-0.05, 0) is 29.3 Å². The van der Waals surface area contributed by atoms with Gasteiger partial charge < -0.3 is 21.5 Å². The molecule has 2 aromatic carbocycles. The van der Waals surface area contributed by atoms with Gasteiger partial charge in [0.1, 0.15) is 17.2 Å². The Kier molecular flexibility index (Phi) is 7.09. The summed E-state index contributed by atoms with van der Waals surface area (Å²) in [5, 5.41) is 6.75. The van der Waals surface area contributed by atoms with Crippen molar-refractivity contribution in [2.75, 3.05) is 11.5 Å². The number of nitrogen functional groups attached to an aromatic ring is 2. The summed E-state index contributed by atoms with van der Waals surface area (Å²) in [6.45, 7) is -0.154. The summed E-state index contributed by atoms with van der Waals surface area (Å²) in [5.41, 5.74) is 12.5. The fourth-order valence-corrected chi connectivity index (χ4v) is 3.92. The zero-order valence-corrected chi connectivity index (χ0v) is 20.8. The van der Waals surface area contributed by atoms with Gasteiger partial charge in [-0.2, -0.15) is 32.9 Å². The van der Waals surface area contributed by atoms with Gasteiger partial charge in [0.05, 0.1) is 23.0 Å². The van der Waals surface area contributed by atoms with Crippen molar-refractivity contribution >= 4 is 28.8 Å². The van der Waals surface area contributed by atoms with Gasteiger partial charge in [-0.1, -0.05) is 30.3 Å². The Bertz CT molecular complexity index is 1730. The number of nitrogens with zero attached hydrogens (tertiary/aromatic N) is 5. The molecular formula is C26H19F5N8O2. The van der Waals surface area contributed by atoms with Gasteiger partial charge in [0, 0.05) is 19.0 Å². The number of fused-ring (bicyclic) bond motifs is 1. The Morgan fingerprint density at radius 1 is 1.00 bits per heavy atom. The van der Waals surface area contributed by atoms with E-state index in [-0.39, 0.29) is 47.3 Å². The molecule has 10 nitrogen and oxygen atoms in total. The van der Waals surface area contributed by atoms with E-state index >= 15 is 0 Å². The first-order valence-electron chi connectivity index (χ1n) is 11.8. The van der Waals surface area contributed by atoms with Crippen LogP contribution in [0.1, 0.15) is 22.4 Å². The monoisotopic (exact) mass is 570 g/mol. The summed E-state index contributed by atoms with van der Waals surface area (Å²) in [5.74, 6) is -2.44. The molecule has 15 heteroatoms. The van der Waals surface area contributed by atoms with E-state index in [1.54, 1.807) is 18.2 Å². The first-order valence-corrected chi connectivity index (χ1v) is 11.8. The fourth-order valence-electron chi connectivity index (χ4n) is 3.92. The van der Waals surface area contributed by atoms with Crippen LogP contribution in [0.15, 0.2) is 60.8 Å². The van der Waals surface area contributed by atoms with Crippen LogP contribution in [-0.2, 0) is 19.1 Å². The molecule has 0 saturated heterocycles. The Balaban J connectivity index is 1.37. The largest absolute Gasteiger partial charge is 0.416 e. The molecule has 210 valence electrons. The Hall–Kier alpha value is -5.34. The van der Waals surface area contributed by atoms with Gasteiger partial charge in [-0.3, -0.25) is 0 Å². The highest BCUT2D eigenvalue weighted by Crippen LogP contribution is 2.30. The van der Waals surface area contributed by atoms with Crippen LogP contribution in [0.5, 0.6) is 5.75 Å². The minimum Gasteiger partial charge on any atom is -0.402 e. The molecule has 0 fully saturated rings. The molecule has 0 aliphatic rings. The maximum atomic E-state index is 14.3. The third kappa shape index (κ3) is 5.83. The minimum atomic E-state index is -4.49. The van der Waals surface area contributed by atoms with E-state index in [1.807, 2.05) is 0 Å². The molecule has 3 heterocycles. The van der Waals surface area contributed by atoms with Crippen LogP contribution in [0.4, 0.5) is 38.4 Å². The Labute approximate surface area is 227 Å². The second-order valence-electron chi connectivity index (χ2n) is 8.71. The second-order valence-corrected chi connectivity index (χ2v) is 8.71. The zero-order chi connectivity index (χ0) is 29.3. The fraction of sp³-hybridized carbons (Fsp3) is 0.115. The van der Waals surface area contributed by atoms with Crippen molar-refractivity contribution in [2.24, 2.45) is 0 Å². The van der Waals surface area contributed by atoms with E-state index in [0.717, 1.165) is 29.1 Å². The lowest BCUT2D eigenvalue weighted by Crippen LogP contribution is -2.27. The first-order chi connectivity index (χ1) is 19.5. The number of hydrogen-bond acceptors (Lipinski definition) is 8. The maximum absolute atomic E-state index is 14.3. The second kappa shape index (κ2) is 10.7. The predicted octanol–water partition coefficient (Wildman–Crippen LogP) is 4.55. The number of rotatable bonds is 6. The van der Waals surface area contributed by atoms with Crippen LogP contribution in [0.2, 0.25) is 0 Å². The molecule has 0 saturated carbocycles. The molecule has 0 atom stereocenters. The van der Waals surface area contributed by atoms with Crippen molar-refractivity contribution < 1.29 is 31.5 Å². The number of ether oxygens (including phenoxy) is 1. The van der Waals surface area contributed by atoms with Crippen LogP contribution in [0.25, 0.3) is 17.0 Å². The molecule has 0 unspecified atom stereocenters. The summed E-state index contributed by atoms with van der Waals surface area (Å²) in [7, 11) is 0. The number of aromatic nitrogens is 5. The van der Waals surface area contributed by atoms with Crippen molar-refractivity contribution in [2.45, 2.75) is 19.1 Å². The number of alkyl halides is 3. The highest BCUT2D eigenvalue weighted by molar-refractivity contribution is 5.80. The third-order valence-corrected chi connectivity index (χ3v) is 5.88. The first kappa shape index (κ1) is 27.2. The summed E-state index contributed by atoms with van der Waals surface area (Å²) in [4.78, 5) is 24.5. The number of nitrogens with two attached hydrogens (primary N) is 2. The normalized spacial score (nSPS) is 11.5. The molecule has 5 N–H and O–H groups in total. The Morgan fingerprint density at radius 3 is 2.34 bits per heavy atom. The number of carbonyl (C=O) groups is 1. The smallest absolute Gasteiger partial charge is 0.402 e. The number of carbonyl (C=O) groups excluding carboxylic acids is 1. The lowest BCUT2D eigenvalue weighted by atomic mass is 10.1. The summed E-state index contributed by atoms with van der Waals surface area (Å²) in [6, 6.07) is 11.4. The standard InChI is InChI=1S/C26H19F5N8O2/c27-16-10-19-20(34-12-16)18(9-14-3-1-2-4-17(14)28)38-39(19)24-36-22(32)21(23(33)37-24)41-25(40)35-11-13-5-7-15(8-6-13)26(29,30)31/h1-8,10,12H,9,11H2,(H,35,40)(H4,32,33,36,37). The van der Waals surface area contributed by atoms with E-state index in [4.69, 9.17) is 16.2 Å². The maximum Gasteiger partial charge on any atom is 0.416 e. The van der Waals surface area contributed by atoms with Crippen molar-refractivity contribution in [3.05, 3.63) is 94.8 Å². The molecule has 0 bridgehead atoms. The lowest BCUT2D eigenvalue weighted by molar-refractivity contribution is -0.137. The van der Waals surface area contributed by atoms with E-state index in [0.29, 0.717) is 16.8 Å². The number of pyridine rings is 1. The molecule has 0 aliphatic carbocycles. The highest BCUT2D eigenvalue weighted by Gasteiger charge is 2.30. The van der Waals surface area contributed by atoms with Crippen LogP contribution in [0, 0.1) is 11.6 Å². The number of anilines is 2. The quantitative estimate of drug-likeness (QED) is 0.252. The lowest BCUT2D eigenvalue weighted by Gasteiger charge is -2.12. The van der Waals surface area contributed by atoms with Gasteiger partial charge in [-0.25, -0.2) is 18.6 Å². The van der Waals surface area contributed by atoms with E-state index in [9.17, 15) is 26.7 Å². The molecule has 5 aromatic rings. The summed E-state index contributed by atoms with van der Waals surface area (Å²) < 4.78 is 72.8.